The number of thioether (sulfide) groups is 1. The van der Waals surface area contributed by atoms with Crippen molar-refractivity contribution in [1.29, 1.82) is 0 Å². The number of nitrogens with zero attached hydrogens (tertiary/aromatic N) is 2. The predicted molar refractivity (Wildman–Crippen MR) is 78.4 cm³/mol. The van der Waals surface area contributed by atoms with Crippen LogP contribution in [-0.4, -0.2) is 29.6 Å². The van der Waals surface area contributed by atoms with E-state index in [0.717, 1.165) is 5.52 Å². The molecular formula is C13H16N2S2. The van der Waals surface area contributed by atoms with Gasteiger partial charge in [-0.2, -0.15) is 11.8 Å². The van der Waals surface area contributed by atoms with E-state index < -0.39 is 0 Å². The Kier molecular flexibility index (Phi) is 3.25. The van der Waals surface area contributed by atoms with Gasteiger partial charge in [0.1, 0.15) is 0 Å². The third-order valence-corrected chi connectivity index (χ3v) is 5.06. The zero-order valence-corrected chi connectivity index (χ0v) is 11.6. The Labute approximate surface area is 110 Å². The minimum absolute atomic E-state index is 0.686. The summed E-state index contributed by atoms with van der Waals surface area (Å²) in [5.74, 6) is 1.22. The lowest BCUT2D eigenvalue weighted by molar-refractivity contribution is 0.744. The molecule has 0 radical (unpaired) electrons. The van der Waals surface area contributed by atoms with E-state index in [1.54, 1.807) is 0 Å². The van der Waals surface area contributed by atoms with E-state index >= 15 is 0 Å². The van der Waals surface area contributed by atoms with Crippen molar-refractivity contribution < 1.29 is 0 Å². The first-order valence-electron chi connectivity index (χ1n) is 5.99. The molecule has 0 aliphatic carbocycles. The number of aromatic nitrogens is 1. The Morgan fingerprint density at radius 2 is 2.35 bits per heavy atom. The third kappa shape index (κ3) is 2.16. The molecule has 1 fully saturated rings. The number of para-hydroxylation sites is 1. The summed E-state index contributed by atoms with van der Waals surface area (Å²) in [4.78, 5) is 7.26. The molecule has 4 heteroatoms. The summed E-state index contributed by atoms with van der Waals surface area (Å²) >= 11 is 3.77. The van der Waals surface area contributed by atoms with Crippen molar-refractivity contribution in [3.05, 3.63) is 24.3 Å². The van der Waals surface area contributed by atoms with Gasteiger partial charge in [-0.25, -0.2) is 4.98 Å². The minimum atomic E-state index is 0.686. The number of rotatable bonds is 3. The molecule has 0 N–H and O–H groups in total. The molecule has 0 saturated carbocycles. The molecule has 1 saturated heterocycles. The van der Waals surface area contributed by atoms with Crippen LogP contribution >= 0.6 is 23.1 Å². The second-order valence-corrected chi connectivity index (χ2v) is 6.33. The van der Waals surface area contributed by atoms with E-state index in [4.69, 9.17) is 4.98 Å². The van der Waals surface area contributed by atoms with Crippen LogP contribution in [0, 0.1) is 0 Å². The number of thiazole rings is 1. The van der Waals surface area contributed by atoms with Gasteiger partial charge in [0.2, 0.25) is 0 Å². The molecule has 2 aromatic rings. The van der Waals surface area contributed by atoms with Crippen molar-refractivity contribution in [2.75, 3.05) is 23.5 Å². The summed E-state index contributed by atoms with van der Waals surface area (Å²) in [6, 6.07) is 9.11. The predicted octanol–water partition coefficient (Wildman–Crippen LogP) is 3.63. The van der Waals surface area contributed by atoms with Crippen LogP contribution in [0.3, 0.4) is 0 Å². The summed E-state index contributed by atoms with van der Waals surface area (Å²) in [6.07, 6.45) is 4.81. The van der Waals surface area contributed by atoms with Crippen LogP contribution in [0.25, 0.3) is 10.2 Å². The van der Waals surface area contributed by atoms with Crippen LogP contribution in [0.4, 0.5) is 5.13 Å². The molecule has 90 valence electrons. The molecule has 1 atom stereocenters. The highest BCUT2D eigenvalue weighted by molar-refractivity contribution is 7.98. The van der Waals surface area contributed by atoms with Crippen molar-refractivity contribution >= 4 is 38.4 Å². The summed E-state index contributed by atoms with van der Waals surface area (Å²) < 4.78 is 1.30. The van der Waals surface area contributed by atoms with Gasteiger partial charge in [0, 0.05) is 18.3 Å². The zero-order chi connectivity index (χ0) is 11.7. The van der Waals surface area contributed by atoms with E-state index in [9.17, 15) is 0 Å². The Morgan fingerprint density at radius 1 is 1.47 bits per heavy atom. The van der Waals surface area contributed by atoms with Crippen LogP contribution < -0.4 is 4.90 Å². The second-order valence-electron chi connectivity index (χ2n) is 4.41. The Bertz CT molecular complexity index is 476. The number of fused-ring (bicyclic) bond motifs is 1. The molecule has 2 nitrogen and oxygen atoms in total. The maximum atomic E-state index is 4.76. The molecule has 1 unspecified atom stereocenters. The molecule has 0 amide bonds. The number of hydrogen-bond acceptors (Lipinski definition) is 4. The van der Waals surface area contributed by atoms with E-state index in [2.05, 4.69) is 35.4 Å². The average molecular weight is 264 g/mol. The van der Waals surface area contributed by atoms with Crippen molar-refractivity contribution in [3.63, 3.8) is 0 Å². The molecule has 0 bridgehead atoms. The van der Waals surface area contributed by atoms with E-state index in [1.807, 2.05) is 23.1 Å². The second kappa shape index (κ2) is 4.86. The van der Waals surface area contributed by atoms with Crippen LogP contribution in [0.5, 0.6) is 0 Å². The molecule has 0 spiro atoms. The minimum Gasteiger partial charge on any atom is -0.344 e. The number of benzene rings is 1. The normalized spacial score (nSPS) is 20.3. The van der Waals surface area contributed by atoms with Gasteiger partial charge in [0.25, 0.3) is 0 Å². The Hall–Kier alpha value is -0.740. The van der Waals surface area contributed by atoms with Gasteiger partial charge >= 0.3 is 0 Å². The van der Waals surface area contributed by atoms with Crippen LogP contribution in [0.1, 0.15) is 12.8 Å². The fourth-order valence-corrected chi connectivity index (χ4v) is 4.23. The monoisotopic (exact) mass is 264 g/mol. The number of hydrogen-bond donors (Lipinski definition) is 0. The molecule has 1 aromatic heterocycles. The quantitative estimate of drug-likeness (QED) is 0.842. The van der Waals surface area contributed by atoms with Crippen molar-refractivity contribution in [1.82, 2.24) is 4.98 Å². The van der Waals surface area contributed by atoms with Crippen molar-refractivity contribution in [2.24, 2.45) is 0 Å². The first kappa shape index (κ1) is 11.4. The summed E-state index contributed by atoms with van der Waals surface area (Å²) in [7, 11) is 0. The fraction of sp³-hybridized carbons (Fsp3) is 0.462. The van der Waals surface area contributed by atoms with Gasteiger partial charge in [-0.15, -0.1) is 0 Å². The summed E-state index contributed by atoms with van der Waals surface area (Å²) in [5.41, 5.74) is 1.14. The Morgan fingerprint density at radius 3 is 3.18 bits per heavy atom. The van der Waals surface area contributed by atoms with E-state index in [0.29, 0.717) is 6.04 Å². The maximum Gasteiger partial charge on any atom is 0.186 e. The first-order valence-corrected chi connectivity index (χ1v) is 8.20. The van der Waals surface area contributed by atoms with Gasteiger partial charge < -0.3 is 4.90 Å². The van der Waals surface area contributed by atoms with Crippen molar-refractivity contribution in [2.45, 2.75) is 18.9 Å². The van der Waals surface area contributed by atoms with E-state index in [1.165, 1.54) is 35.0 Å². The highest BCUT2D eigenvalue weighted by Crippen LogP contribution is 2.33. The Balaban J connectivity index is 1.92. The van der Waals surface area contributed by atoms with Crippen LogP contribution in [-0.2, 0) is 0 Å². The lowest BCUT2D eigenvalue weighted by Gasteiger charge is -2.22. The van der Waals surface area contributed by atoms with Gasteiger partial charge in [-0.3, -0.25) is 0 Å². The van der Waals surface area contributed by atoms with Crippen LogP contribution in [0.15, 0.2) is 24.3 Å². The average Bonchev–Trinajstić information content (AvgIpc) is 2.94. The summed E-state index contributed by atoms with van der Waals surface area (Å²) in [5, 5.41) is 1.21. The highest BCUT2D eigenvalue weighted by atomic mass is 32.2. The highest BCUT2D eigenvalue weighted by Gasteiger charge is 2.26. The maximum absolute atomic E-state index is 4.76. The molecular weight excluding hydrogens is 248 g/mol. The molecule has 2 heterocycles. The largest absolute Gasteiger partial charge is 0.344 e. The molecule has 17 heavy (non-hydrogen) atoms. The zero-order valence-electron chi connectivity index (χ0n) is 9.93. The fourth-order valence-electron chi connectivity index (χ4n) is 2.44. The molecule has 1 aliphatic heterocycles. The molecule has 3 rings (SSSR count). The topological polar surface area (TPSA) is 16.1 Å². The van der Waals surface area contributed by atoms with Gasteiger partial charge in [0.05, 0.1) is 10.2 Å². The number of anilines is 1. The van der Waals surface area contributed by atoms with Gasteiger partial charge in [-0.05, 0) is 31.2 Å². The lowest BCUT2D eigenvalue weighted by atomic mass is 10.2. The summed E-state index contributed by atoms with van der Waals surface area (Å²) in [6.45, 7) is 1.17. The molecule has 1 aromatic carbocycles. The lowest BCUT2D eigenvalue weighted by Crippen LogP contribution is -2.30. The van der Waals surface area contributed by atoms with E-state index in [-0.39, 0.29) is 0 Å². The van der Waals surface area contributed by atoms with Gasteiger partial charge in [-0.1, -0.05) is 23.5 Å². The third-order valence-electron chi connectivity index (χ3n) is 3.26. The van der Waals surface area contributed by atoms with Crippen molar-refractivity contribution in [3.8, 4) is 0 Å². The van der Waals surface area contributed by atoms with Crippen LogP contribution in [0.2, 0.25) is 0 Å². The van der Waals surface area contributed by atoms with Gasteiger partial charge in [0.15, 0.2) is 5.13 Å². The SMILES string of the molecule is CSCC1CCCN1c1nc2ccccc2s1. The molecule has 1 aliphatic rings. The first-order chi connectivity index (χ1) is 8.38. The smallest absolute Gasteiger partial charge is 0.186 e. The standard InChI is InChI=1S/C13H16N2S2/c1-16-9-10-5-4-8-15(10)13-14-11-6-2-3-7-12(11)17-13/h2-3,6-7,10H,4-5,8-9H2,1H3.